The lowest BCUT2D eigenvalue weighted by Gasteiger charge is -2.52. The van der Waals surface area contributed by atoms with Crippen LogP contribution in [0.15, 0.2) is 6.20 Å². The molecule has 20 heavy (non-hydrogen) atoms. The summed E-state index contributed by atoms with van der Waals surface area (Å²) in [5.74, 6) is 0.855. The molecule has 1 saturated carbocycles. The van der Waals surface area contributed by atoms with E-state index in [4.69, 9.17) is 0 Å². The summed E-state index contributed by atoms with van der Waals surface area (Å²) in [6.45, 7) is 10.1. The number of nitrogens with one attached hydrogen (secondary N) is 1. The van der Waals surface area contributed by atoms with E-state index in [1.807, 2.05) is 13.2 Å². The maximum atomic E-state index is 4.27. The SMILES string of the molecule is CCC1(C)CNC(C)(C2CC2)CN1Cc1cn(C)nn1. The van der Waals surface area contributed by atoms with Crippen molar-refractivity contribution < 1.29 is 0 Å². The molecule has 1 aromatic heterocycles. The number of nitrogens with zero attached hydrogens (tertiary/aromatic N) is 4. The number of hydrogen-bond donors (Lipinski definition) is 1. The molecule has 1 aliphatic heterocycles. The topological polar surface area (TPSA) is 46.0 Å². The van der Waals surface area contributed by atoms with Gasteiger partial charge in [0.25, 0.3) is 0 Å². The van der Waals surface area contributed by atoms with Crippen molar-refractivity contribution in [3.8, 4) is 0 Å². The van der Waals surface area contributed by atoms with Crippen LogP contribution in [0.5, 0.6) is 0 Å². The Bertz CT molecular complexity index is 480. The first kappa shape index (κ1) is 14.0. The predicted octanol–water partition coefficient (Wildman–Crippen LogP) is 1.56. The first-order chi connectivity index (χ1) is 9.45. The Labute approximate surface area is 121 Å². The Hall–Kier alpha value is -0.940. The minimum absolute atomic E-state index is 0.214. The maximum absolute atomic E-state index is 4.27. The zero-order chi connectivity index (χ0) is 14.4. The molecule has 2 atom stereocenters. The summed E-state index contributed by atoms with van der Waals surface area (Å²) in [6.07, 6.45) is 5.95. The van der Waals surface area contributed by atoms with Gasteiger partial charge in [0.2, 0.25) is 0 Å². The van der Waals surface area contributed by atoms with E-state index < -0.39 is 0 Å². The first-order valence-corrected chi connectivity index (χ1v) is 7.80. The van der Waals surface area contributed by atoms with Gasteiger partial charge in [-0.1, -0.05) is 12.1 Å². The van der Waals surface area contributed by atoms with E-state index in [1.54, 1.807) is 4.68 Å². The van der Waals surface area contributed by atoms with Gasteiger partial charge in [0.05, 0.1) is 5.69 Å². The van der Waals surface area contributed by atoms with Crippen LogP contribution in [-0.4, -0.2) is 44.1 Å². The number of aryl methyl sites for hydroxylation is 1. The van der Waals surface area contributed by atoms with Crippen molar-refractivity contribution in [1.82, 2.24) is 25.2 Å². The normalized spacial score (nSPS) is 35.4. The van der Waals surface area contributed by atoms with E-state index >= 15 is 0 Å². The summed E-state index contributed by atoms with van der Waals surface area (Å²) < 4.78 is 1.79. The highest BCUT2D eigenvalue weighted by molar-refractivity contribution is 5.08. The van der Waals surface area contributed by atoms with Gasteiger partial charge in [0.1, 0.15) is 0 Å². The molecule has 0 aromatic carbocycles. The fourth-order valence-electron chi connectivity index (χ4n) is 3.40. The van der Waals surface area contributed by atoms with Crippen molar-refractivity contribution in [3.05, 3.63) is 11.9 Å². The molecule has 112 valence electrons. The Balaban J connectivity index is 1.78. The minimum atomic E-state index is 0.214. The molecule has 1 aromatic rings. The summed E-state index contributed by atoms with van der Waals surface area (Å²) in [5.41, 5.74) is 1.57. The Morgan fingerprint density at radius 3 is 2.70 bits per heavy atom. The zero-order valence-corrected chi connectivity index (χ0v) is 13.2. The first-order valence-electron chi connectivity index (χ1n) is 7.80. The van der Waals surface area contributed by atoms with Crippen LogP contribution in [0.4, 0.5) is 0 Å². The van der Waals surface area contributed by atoms with Crippen LogP contribution in [0, 0.1) is 5.92 Å². The lowest BCUT2D eigenvalue weighted by Crippen LogP contribution is -2.68. The third kappa shape index (κ3) is 2.49. The molecular weight excluding hydrogens is 250 g/mol. The summed E-state index contributed by atoms with van der Waals surface area (Å²) in [7, 11) is 1.93. The van der Waals surface area contributed by atoms with Gasteiger partial charge in [-0.25, -0.2) is 0 Å². The maximum Gasteiger partial charge on any atom is 0.0967 e. The highest BCUT2D eigenvalue weighted by Crippen LogP contribution is 2.43. The van der Waals surface area contributed by atoms with E-state index in [9.17, 15) is 0 Å². The van der Waals surface area contributed by atoms with E-state index in [0.717, 1.165) is 37.7 Å². The van der Waals surface area contributed by atoms with E-state index in [1.165, 1.54) is 12.8 Å². The Morgan fingerprint density at radius 2 is 2.15 bits per heavy atom. The molecular formula is C15H27N5. The van der Waals surface area contributed by atoms with Crippen LogP contribution in [0.3, 0.4) is 0 Å². The average Bonchev–Trinajstić information content (AvgIpc) is 3.20. The van der Waals surface area contributed by atoms with Crippen molar-refractivity contribution in [2.45, 2.75) is 57.7 Å². The molecule has 0 bridgehead atoms. The summed E-state index contributed by atoms with van der Waals surface area (Å²) in [4.78, 5) is 2.62. The van der Waals surface area contributed by atoms with Crippen LogP contribution in [-0.2, 0) is 13.6 Å². The van der Waals surface area contributed by atoms with Crippen LogP contribution in [0.2, 0.25) is 0 Å². The minimum Gasteiger partial charge on any atom is -0.308 e. The van der Waals surface area contributed by atoms with Crippen molar-refractivity contribution in [2.24, 2.45) is 13.0 Å². The van der Waals surface area contributed by atoms with Crippen molar-refractivity contribution in [2.75, 3.05) is 13.1 Å². The van der Waals surface area contributed by atoms with Gasteiger partial charge < -0.3 is 5.32 Å². The monoisotopic (exact) mass is 277 g/mol. The number of rotatable bonds is 4. The smallest absolute Gasteiger partial charge is 0.0967 e. The fraction of sp³-hybridized carbons (Fsp3) is 0.867. The molecule has 1 aliphatic carbocycles. The van der Waals surface area contributed by atoms with E-state index in [0.29, 0.717) is 0 Å². The molecule has 2 aliphatic rings. The molecule has 0 radical (unpaired) electrons. The van der Waals surface area contributed by atoms with Crippen LogP contribution < -0.4 is 5.32 Å². The molecule has 2 heterocycles. The summed E-state index contributed by atoms with van der Waals surface area (Å²) in [5, 5.41) is 12.2. The summed E-state index contributed by atoms with van der Waals surface area (Å²) in [6, 6.07) is 0. The Kier molecular flexibility index (Phi) is 3.37. The molecule has 3 rings (SSSR count). The van der Waals surface area contributed by atoms with Crippen LogP contribution in [0.1, 0.15) is 45.7 Å². The highest BCUT2D eigenvalue weighted by atomic mass is 15.4. The van der Waals surface area contributed by atoms with Crippen molar-refractivity contribution >= 4 is 0 Å². The van der Waals surface area contributed by atoms with Gasteiger partial charge in [0, 0.05) is 44.0 Å². The average molecular weight is 277 g/mol. The third-order valence-corrected chi connectivity index (χ3v) is 5.40. The molecule has 5 heteroatoms. The second-order valence-electron chi connectivity index (χ2n) is 7.14. The molecule has 1 saturated heterocycles. The Morgan fingerprint density at radius 1 is 1.40 bits per heavy atom. The molecule has 2 fully saturated rings. The van der Waals surface area contributed by atoms with Gasteiger partial charge in [-0.3, -0.25) is 9.58 Å². The molecule has 0 amide bonds. The lowest BCUT2D eigenvalue weighted by molar-refractivity contribution is 0.00338. The molecule has 1 N–H and O–H groups in total. The second kappa shape index (κ2) is 4.81. The number of aromatic nitrogens is 3. The highest BCUT2D eigenvalue weighted by Gasteiger charge is 2.48. The zero-order valence-electron chi connectivity index (χ0n) is 13.2. The van der Waals surface area contributed by atoms with Crippen molar-refractivity contribution in [3.63, 3.8) is 0 Å². The third-order valence-electron chi connectivity index (χ3n) is 5.40. The molecule has 2 unspecified atom stereocenters. The molecule has 0 spiro atoms. The van der Waals surface area contributed by atoms with Gasteiger partial charge in [-0.05, 0) is 39.0 Å². The van der Waals surface area contributed by atoms with Crippen molar-refractivity contribution in [1.29, 1.82) is 0 Å². The van der Waals surface area contributed by atoms with Gasteiger partial charge in [-0.15, -0.1) is 5.10 Å². The van der Waals surface area contributed by atoms with Gasteiger partial charge in [-0.2, -0.15) is 0 Å². The fourth-order valence-corrected chi connectivity index (χ4v) is 3.40. The second-order valence-corrected chi connectivity index (χ2v) is 7.14. The number of piperazine rings is 1. The molecule has 5 nitrogen and oxygen atoms in total. The van der Waals surface area contributed by atoms with Crippen LogP contribution >= 0.6 is 0 Å². The largest absolute Gasteiger partial charge is 0.308 e. The lowest BCUT2D eigenvalue weighted by atomic mass is 9.84. The predicted molar refractivity (Wildman–Crippen MR) is 79.2 cm³/mol. The van der Waals surface area contributed by atoms with Gasteiger partial charge in [0.15, 0.2) is 0 Å². The summed E-state index contributed by atoms with van der Waals surface area (Å²) >= 11 is 0. The van der Waals surface area contributed by atoms with E-state index in [2.05, 4.69) is 41.3 Å². The van der Waals surface area contributed by atoms with E-state index in [-0.39, 0.29) is 11.1 Å². The van der Waals surface area contributed by atoms with Crippen LogP contribution in [0.25, 0.3) is 0 Å². The standard InChI is InChI=1S/C15H27N5/c1-5-14(2)10-16-15(3,12-6-7-12)11-20(14)9-13-8-19(4)18-17-13/h8,12,16H,5-7,9-11H2,1-4H3. The quantitative estimate of drug-likeness (QED) is 0.907. The number of hydrogen-bond acceptors (Lipinski definition) is 4. The van der Waals surface area contributed by atoms with Gasteiger partial charge >= 0.3 is 0 Å².